The highest BCUT2D eigenvalue weighted by Gasteiger charge is 2.34. The molecule has 0 radical (unpaired) electrons. The Morgan fingerprint density at radius 2 is 1.86 bits per heavy atom. The van der Waals surface area contributed by atoms with Crippen molar-refractivity contribution in [3.05, 3.63) is 46.2 Å². The number of anilines is 2. The molecule has 4 nitrogen and oxygen atoms in total. The summed E-state index contributed by atoms with van der Waals surface area (Å²) in [7, 11) is 0. The molecule has 0 spiro atoms. The molecule has 0 bridgehead atoms. The van der Waals surface area contributed by atoms with E-state index in [0.29, 0.717) is 4.88 Å². The molecule has 1 aromatic heterocycles. The van der Waals surface area contributed by atoms with Crippen molar-refractivity contribution in [2.24, 2.45) is 0 Å². The fourth-order valence-corrected chi connectivity index (χ4v) is 2.38. The van der Waals surface area contributed by atoms with Gasteiger partial charge < -0.3 is 10.6 Å². The number of carbonyl (C=O) groups excluding carboxylic acids is 2. The maximum absolute atomic E-state index is 13.1. The molecule has 0 aliphatic heterocycles. The largest absolute Gasteiger partial charge is 0.418 e. The second kappa shape index (κ2) is 6.18. The lowest BCUT2D eigenvalue weighted by molar-refractivity contribution is -0.137. The van der Waals surface area contributed by atoms with E-state index in [9.17, 15) is 22.8 Å². The summed E-state index contributed by atoms with van der Waals surface area (Å²) in [6.45, 7) is 1.19. The SMILES string of the molecule is CC(=O)Nc1ccc(NC(=O)c2cccs2)c(C(F)(F)F)c1. The van der Waals surface area contributed by atoms with Crippen molar-refractivity contribution in [1.82, 2.24) is 0 Å². The van der Waals surface area contributed by atoms with Crippen molar-refractivity contribution in [2.75, 3.05) is 10.6 Å². The molecule has 8 heteroatoms. The summed E-state index contributed by atoms with van der Waals surface area (Å²) < 4.78 is 39.3. The average molecular weight is 328 g/mol. The van der Waals surface area contributed by atoms with Crippen molar-refractivity contribution < 1.29 is 22.8 Å². The van der Waals surface area contributed by atoms with Crippen molar-refractivity contribution >= 4 is 34.5 Å². The maximum Gasteiger partial charge on any atom is 0.418 e. The molecule has 0 unspecified atom stereocenters. The Morgan fingerprint density at radius 3 is 2.41 bits per heavy atom. The van der Waals surface area contributed by atoms with Crippen LogP contribution < -0.4 is 10.6 Å². The number of amides is 2. The summed E-state index contributed by atoms with van der Waals surface area (Å²) in [5.74, 6) is -1.10. The van der Waals surface area contributed by atoms with Crippen LogP contribution in [0.15, 0.2) is 35.7 Å². The van der Waals surface area contributed by atoms with E-state index in [1.54, 1.807) is 11.4 Å². The predicted molar refractivity (Wildman–Crippen MR) is 78.0 cm³/mol. The van der Waals surface area contributed by atoms with E-state index in [0.717, 1.165) is 23.5 Å². The summed E-state index contributed by atoms with van der Waals surface area (Å²) in [6, 6.07) is 6.33. The molecular formula is C14H11F3N2O2S. The zero-order valence-corrected chi connectivity index (χ0v) is 12.1. The van der Waals surface area contributed by atoms with Crippen LogP contribution in [0.5, 0.6) is 0 Å². The summed E-state index contributed by atoms with van der Waals surface area (Å²) in [5.41, 5.74) is -1.38. The Hall–Kier alpha value is -2.35. The Bertz CT molecular complexity index is 697. The highest BCUT2D eigenvalue weighted by molar-refractivity contribution is 7.12. The molecule has 2 N–H and O–H groups in total. The number of alkyl halides is 3. The third-order valence-electron chi connectivity index (χ3n) is 2.64. The number of halogens is 3. The van der Waals surface area contributed by atoms with Gasteiger partial charge in [0.1, 0.15) is 0 Å². The van der Waals surface area contributed by atoms with Crippen LogP contribution in [0.3, 0.4) is 0 Å². The Balaban J connectivity index is 2.34. The molecule has 2 aromatic rings. The van der Waals surface area contributed by atoms with Gasteiger partial charge in [-0.05, 0) is 29.6 Å². The molecule has 0 aliphatic rings. The lowest BCUT2D eigenvalue weighted by atomic mass is 10.1. The molecule has 0 saturated carbocycles. The second-order valence-corrected chi connectivity index (χ2v) is 5.32. The second-order valence-electron chi connectivity index (χ2n) is 4.37. The zero-order chi connectivity index (χ0) is 16.3. The van der Waals surface area contributed by atoms with E-state index in [1.807, 2.05) is 0 Å². The molecule has 2 rings (SSSR count). The first kappa shape index (κ1) is 16.0. The molecule has 0 saturated heterocycles. The normalized spacial score (nSPS) is 11.1. The van der Waals surface area contributed by atoms with Gasteiger partial charge in [0.25, 0.3) is 5.91 Å². The van der Waals surface area contributed by atoms with E-state index in [2.05, 4.69) is 10.6 Å². The van der Waals surface area contributed by atoms with Gasteiger partial charge in [0, 0.05) is 12.6 Å². The molecule has 0 fully saturated rings. The Morgan fingerprint density at radius 1 is 1.14 bits per heavy atom. The van der Waals surface area contributed by atoms with Gasteiger partial charge in [0.05, 0.1) is 16.1 Å². The number of rotatable bonds is 3. The highest BCUT2D eigenvalue weighted by Crippen LogP contribution is 2.36. The molecule has 116 valence electrons. The smallest absolute Gasteiger partial charge is 0.326 e. The van der Waals surface area contributed by atoms with Crippen LogP contribution in [-0.4, -0.2) is 11.8 Å². The minimum Gasteiger partial charge on any atom is -0.326 e. The Labute approximate surface area is 128 Å². The van der Waals surface area contributed by atoms with Gasteiger partial charge >= 0.3 is 6.18 Å². The highest BCUT2D eigenvalue weighted by atomic mass is 32.1. The van der Waals surface area contributed by atoms with Gasteiger partial charge in [0.2, 0.25) is 5.91 Å². The first-order valence-electron chi connectivity index (χ1n) is 6.11. The van der Waals surface area contributed by atoms with Crippen LogP contribution in [0, 0.1) is 0 Å². The monoisotopic (exact) mass is 328 g/mol. The number of nitrogens with one attached hydrogen (secondary N) is 2. The van der Waals surface area contributed by atoms with Crippen molar-refractivity contribution in [2.45, 2.75) is 13.1 Å². The molecule has 22 heavy (non-hydrogen) atoms. The number of hydrogen-bond acceptors (Lipinski definition) is 3. The molecule has 1 heterocycles. The molecular weight excluding hydrogens is 317 g/mol. The molecule has 0 aliphatic carbocycles. The van der Waals surface area contributed by atoms with Crippen LogP contribution >= 0.6 is 11.3 Å². The molecule has 2 amide bonds. The number of benzene rings is 1. The lowest BCUT2D eigenvalue weighted by Gasteiger charge is -2.15. The summed E-state index contributed by atoms with van der Waals surface area (Å²) >= 11 is 1.12. The first-order chi connectivity index (χ1) is 10.3. The van der Waals surface area contributed by atoms with Gasteiger partial charge in [-0.15, -0.1) is 11.3 Å². The average Bonchev–Trinajstić information content (AvgIpc) is 2.92. The van der Waals surface area contributed by atoms with Crippen LogP contribution in [0.2, 0.25) is 0 Å². The van der Waals surface area contributed by atoms with E-state index in [-0.39, 0.29) is 11.4 Å². The third kappa shape index (κ3) is 3.85. The van der Waals surface area contributed by atoms with Crippen molar-refractivity contribution in [1.29, 1.82) is 0 Å². The van der Waals surface area contributed by atoms with Gasteiger partial charge in [0.15, 0.2) is 0 Å². The summed E-state index contributed by atoms with van der Waals surface area (Å²) in [4.78, 5) is 23.1. The van der Waals surface area contributed by atoms with Crippen LogP contribution in [0.25, 0.3) is 0 Å². The van der Waals surface area contributed by atoms with Crippen molar-refractivity contribution in [3.63, 3.8) is 0 Å². The fraction of sp³-hybridized carbons (Fsp3) is 0.143. The van der Waals surface area contributed by atoms with Crippen molar-refractivity contribution in [3.8, 4) is 0 Å². The van der Waals surface area contributed by atoms with Crippen LogP contribution in [0.1, 0.15) is 22.2 Å². The summed E-state index contributed by atoms with van der Waals surface area (Å²) in [6.07, 6.45) is -4.66. The first-order valence-corrected chi connectivity index (χ1v) is 6.99. The summed E-state index contributed by atoms with van der Waals surface area (Å²) in [5, 5.41) is 6.17. The molecule has 1 aromatic carbocycles. The lowest BCUT2D eigenvalue weighted by Crippen LogP contribution is -2.16. The minimum absolute atomic E-state index is 0.00828. The topological polar surface area (TPSA) is 58.2 Å². The van der Waals surface area contributed by atoms with E-state index < -0.39 is 23.6 Å². The third-order valence-corrected chi connectivity index (χ3v) is 3.51. The number of carbonyl (C=O) groups is 2. The molecule has 0 atom stereocenters. The van der Waals surface area contributed by atoms with Gasteiger partial charge in [-0.1, -0.05) is 6.07 Å². The van der Waals surface area contributed by atoms with Crippen LogP contribution in [0.4, 0.5) is 24.5 Å². The van der Waals surface area contributed by atoms with Crippen LogP contribution in [-0.2, 0) is 11.0 Å². The van der Waals surface area contributed by atoms with E-state index in [4.69, 9.17) is 0 Å². The van der Waals surface area contributed by atoms with E-state index >= 15 is 0 Å². The zero-order valence-electron chi connectivity index (χ0n) is 11.3. The minimum atomic E-state index is -4.66. The fourth-order valence-electron chi connectivity index (χ4n) is 1.76. The number of thiophene rings is 1. The van der Waals surface area contributed by atoms with Gasteiger partial charge in [-0.25, -0.2) is 0 Å². The van der Waals surface area contributed by atoms with Gasteiger partial charge in [-0.2, -0.15) is 13.2 Å². The number of hydrogen-bond donors (Lipinski definition) is 2. The maximum atomic E-state index is 13.1. The van der Waals surface area contributed by atoms with Gasteiger partial charge in [-0.3, -0.25) is 9.59 Å². The quantitative estimate of drug-likeness (QED) is 0.895. The predicted octanol–water partition coefficient (Wildman–Crippen LogP) is 3.98. The van der Waals surface area contributed by atoms with E-state index in [1.165, 1.54) is 19.1 Å². The standard InChI is InChI=1S/C14H11F3N2O2S/c1-8(20)18-9-4-5-11(10(7-9)14(15,16)17)19-13(21)12-3-2-6-22-12/h2-7H,1H3,(H,18,20)(H,19,21). The Kier molecular flexibility index (Phi) is 4.51.